The number of hydrogen-bond acceptors (Lipinski definition) is 3. The lowest BCUT2D eigenvalue weighted by atomic mass is 10.3. The summed E-state index contributed by atoms with van der Waals surface area (Å²) < 4.78 is 2.07. The molecule has 2 rings (SSSR count). The molecule has 0 saturated heterocycles. The molecule has 2 aromatic rings. The number of aryl methyl sites for hydroxylation is 1. The molecule has 5 nitrogen and oxygen atoms in total. The third-order valence-electron chi connectivity index (χ3n) is 2.44. The van der Waals surface area contributed by atoms with Gasteiger partial charge in [0.05, 0.1) is 6.33 Å². The second kappa shape index (κ2) is 4.94. The molecule has 2 N–H and O–H groups in total. The average molecular weight is 219 g/mol. The van der Waals surface area contributed by atoms with Crippen LogP contribution in [-0.4, -0.2) is 25.6 Å². The highest BCUT2D eigenvalue weighted by molar-refractivity contribution is 4.99. The summed E-state index contributed by atoms with van der Waals surface area (Å²) in [5.74, 6) is 0.957. The van der Waals surface area contributed by atoms with E-state index in [1.165, 1.54) is 0 Å². The van der Waals surface area contributed by atoms with Gasteiger partial charge >= 0.3 is 0 Å². The molecule has 0 spiro atoms. The molecule has 0 aromatic carbocycles. The minimum atomic E-state index is 0.401. The second-order valence-corrected chi connectivity index (χ2v) is 4.04. The maximum Gasteiger partial charge on any atom is 0.103 e. The Labute approximate surface area is 94.9 Å². The van der Waals surface area contributed by atoms with Gasteiger partial charge in [-0.25, -0.2) is 9.97 Å². The molecule has 0 fully saturated rings. The maximum absolute atomic E-state index is 4.16. The van der Waals surface area contributed by atoms with Crippen molar-refractivity contribution in [3.05, 3.63) is 36.4 Å². The first-order valence-corrected chi connectivity index (χ1v) is 5.43. The third-order valence-corrected chi connectivity index (χ3v) is 2.44. The van der Waals surface area contributed by atoms with Crippen LogP contribution in [0.15, 0.2) is 24.9 Å². The summed E-state index contributed by atoms with van der Waals surface area (Å²) in [7, 11) is 0. The van der Waals surface area contributed by atoms with Gasteiger partial charge in [-0.3, -0.25) is 0 Å². The SMILES string of the molecule is Cc1ncc(CNC(C)Cn2ccnc2)[nH]1. The Morgan fingerprint density at radius 2 is 2.44 bits per heavy atom. The molecule has 0 amide bonds. The number of rotatable bonds is 5. The number of imidazole rings is 2. The molecule has 5 heteroatoms. The topological polar surface area (TPSA) is 58.5 Å². The molecule has 1 unspecified atom stereocenters. The van der Waals surface area contributed by atoms with Crippen molar-refractivity contribution in [3.8, 4) is 0 Å². The van der Waals surface area contributed by atoms with Crippen molar-refractivity contribution in [3.63, 3.8) is 0 Å². The summed E-state index contributed by atoms with van der Waals surface area (Å²) in [6.45, 7) is 5.85. The fourth-order valence-corrected chi connectivity index (χ4v) is 1.62. The lowest BCUT2D eigenvalue weighted by molar-refractivity contribution is 0.473. The molecular weight excluding hydrogens is 202 g/mol. The van der Waals surface area contributed by atoms with Crippen molar-refractivity contribution in [2.24, 2.45) is 0 Å². The van der Waals surface area contributed by atoms with Crippen LogP contribution in [0.4, 0.5) is 0 Å². The molecule has 0 bridgehead atoms. The summed E-state index contributed by atoms with van der Waals surface area (Å²) in [6, 6.07) is 0.401. The van der Waals surface area contributed by atoms with Crippen LogP contribution in [0.2, 0.25) is 0 Å². The molecule has 0 aliphatic rings. The predicted octanol–water partition coefficient (Wildman–Crippen LogP) is 1.09. The smallest absolute Gasteiger partial charge is 0.103 e. The highest BCUT2D eigenvalue weighted by atomic mass is 15.1. The summed E-state index contributed by atoms with van der Waals surface area (Å²) in [5.41, 5.74) is 1.12. The largest absolute Gasteiger partial charge is 0.345 e. The fraction of sp³-hybridized carbons (Fsp3) is 0.455. The Bertz CT molecular complexity index is 417. The zero-order chi connectivity index (χ0) is 11.4. The van der Waals surface area contributed by atoms with Crippen molar-refractivity contribution in [2.75, 3.05) is 0 Å². The van der Waals surface area contributed by atoms with E-state index in [4.69, 9.17) is 0 Å². The highest BCUT2D eigenvalue weighted by Gasteiger charge is 2.03. The van der Waals surface area contributed by atoms with E-state index in [9.17, 15) is 0 Å². The van der Waals surface area contributed by atoms with Gasteiger partial charge in [0.15, 0.2) is 0 Å². The molecule has 0 aliphatic heterocycles. The number of hydrogen-bond donors (Lipinski definition) is 2. The molecule has 86 valence electrons. The summed E-state index contributed by atoms with van der Waals surface area (Å²) in [5, 5.41) is 3.43. The fourth-order valence-electron chi connectivity index (χ4n) is 1.62. The number of H-pyrrole nitrogens is 1. The second-order valence-electron chi connectivity index (χ2n) is 4.04. The van der Waals surface area contributed by atoms with Crippen LogP contribution in [0, 0.1) is 6.92 Å². The van der Waals surface area contributed by atoms with Crippen molar-refractivity contribution >= 4 is 0 Å². The Kier molecular flexibility index (Phi) is 3.36. The first-order valence-electron chi connectivity index (χ1n) is 5.43. The molecule has 0 aliphatic carbocycles. The van der Waals surface area contributed by atoms with Crippen molar-refractivity contribution < 1.29 is 0 Å². The van der Waals surface area contributed by atoms with Gasteiger partial charge in [-0.2, -0.15) is 0 Å². The van der Waals surface area contributed by atoms with Gasteiger partial charge in [-0.05, 0) is 13.8 Å². The standard InChI is InChI=1S/C11H17N5/c1-9(7-16-4-3-12-8-16)13-5-11-6-14-10(2)15-11/h3-4,6,8-9,13H,5,7H2,1-2H3,(H,14,15). The average Bonchev–Trinajstić information content (AvgIpc) is 2.87. The van der Waals surface area contributed by atoms with Crippen molar-refractivity contribution in [2.45, 2.75) is 33.0 Å². The first kappa shape index (κ1) is 10.9. The van der Waals surface area contributed by atoms with Crippen LogP contribution in [0.1, 0.15) is 18.4 Å². The Balaban J connectivity index is 1.77. The van der Waals surface area contributed by atoms with Crippen LogP contribution >= 0.6 is 0 Å². The highest BCUT2D eigenvalue weighted by Crippen LogP contribution is 1.97. The van der Waals surface area contributed by atoms with Crippen molar-refractivity contribution in [1.29, 1.82) is 0 Å². The lowest BCUT2D eigenvalue weighted by Crippen LogP contribution is -2.29. The van der Waals surface area contributed by atoms with Crippen LogP contribution in [0.3, 0.4) is 0 Å². The van der Waals surface area contributed by atoms with Crippen molar-refractivity contribution in [1.82, 2.24) is 24.8 Å². The maximum atomic E-state index is 4.16. The first-order chi connectivity index (χ1) is 7.74. The number of nitrogens with one attached hydrogen (secondary N) is 2. The van der Waals surface area contributed by atoms with Crippen LogP contribution in [-0.2, 0) is 13.1 Å². The van der Waals surface area contributed by atoms with E-state index in [1.54, 1.807) is 6.20 Å². The summed E-state index contributed by atoms with van der Waals surface area (Å²) >= 11 is 0. The summed E-state index contributed by atoms with van der Waals surface area (Å²) in [4.78, 5) is 11.4. The van der Waals surface area contributed by atoms with Crippen LogP contribution in [0.25, 0.3) is 0 Å². The van der Waals surface area contributed by atoms with Gasteiger partial charge in [0, 0.05) is 43.4 Å². The monoisotopic (exact) mass is 219 g/mol. The van der Waals surface area contributed by atoms with E-state index in [-0.39, 0.29) is 0 Å². The zero-order valence-corrected chi connectivity index (χ0v) is 9.64. The third kappa shape index (κ3) is 2.93. The molecule has 1 atom stereocenters. The van der Waals surface area contributed by atoms with Crippen LogP contribution in [0.5, 0.6) is 0 Å². The van der Waals surface area contributed by atoms with Crippen LogP contribution < -0.4 is 5.32 Å². The van der Waals surface area contributed by atoms with Gasteiger partial charge in [0.25, 0.3) is 0 Å². The Hall–Kier alpha value is -1.62. The van der Waals surface area contributed by atoms with E-state index < -0.39 is 0 Å². The molecule has 0 saturated carbocycles. The normalized spacial score (nSPS) is 12.9. The molecular formula is C11H17N5. The van der Waals surface area contributed by atoms with E-state index in [1.807, 2.05) is 25.6 Å². The number of aromatic nitrogens is 4. The molecule has 16 heavy (non-hydrogen) atoms. The molecule has 2 aromatic heterocycles. The Morgan fingerprint density at radius 3 is 3.06 bits per heavy atom. The predicted molar refractivity (Wildman–Crippen MR) is 61.9 cm³/mol. The van der Waals surface area contributed by atoms with Gasteiger partial charge in [-0.15, -0.1) is 0 Å². The van der Waals surface area contributed by atoms with Gasteiger partial charge in [0.2, 0.25) is 0 Å². The van der Waals surface area contributed by atoms with E-state index >= 15 is 0 Å². The van der Waals surface area contributed by atoms with Gasteiger partial charge < -0.3 is 14.9 Å². The van der Waals surface area contributed by atoms with E-state index in [2.05, 4.69) is 31.8 Å². The quantitative estimate of drug-likeness (QED) is 0.791. The van der Waals surface area contributed by atoms with Gasteiger partial charge in [-0.1, -0.05) is 0 Å². The summed E-state index contributed by atoms with van der Waals surface area (Å²) in [6.07, 6.45) is 7.47. The molecule has 0 radical (unpaired) electrons. The number of nitrogens with zero attached hydrogens (tertiary/aromatic N) is 3. The lowest BCUT2D eigenvalue weighted by Gasteiger charge is -2.13. The van der Waals surface area contributed by atoms with E-state index in [0.29, 0.717) is 6.04 Å². The number of aromatic amines is 1. The molecule has 2 heterocycles. The van der Waals surface area contributed by atoms with Gasteiger partial charge in [0.1, 0.15) is 5.82 Å². The minimum Gasteiger partial charge on any atom is -0.345 e. The zero-order valence-electron chi connectivity index (χ0n) is 9.64. The minimum absolute atomic E-state index is 0.401. The van der Waals surface area contributed by atoms with E-state index in [0.717, 1.165) is 24.6 Å². The Morgan fingerprint density at radius 1 is 1.56 bits per heavy atom.